The van der Waals surface area contributed by atoms with Gasteiger partial charge < -0.3 is 21.0 Å². The number of hydrogen-bond donors (Lipinski definition) is 3. The number of nitrogens with two attached hydrogens (primary N) is 1. The van der Waals surface area contributed by atoms with Crippen LogP contribution in [0.5, 0.6) is 0 Å². The average molecular weight is 249 g/mol. The van der Waals surface area contributed by atoms with Gasteiger partial charge in [0.15, 0.2) is 5.84 Å². The minimum atomic E-state index is 0.132. The fourth-order valence-electron chi connectivity index (χ4n) is 2.10. The highest BCUT2D eigenvalue weighted by Gasteiger charge is 2.23. The molecule has 1 aliphatic rings. The summed E-state index contributed by atoms with van der Waals surface area (Å²) in [7, 11) is 0. The second kappa shape index (κ2) is 5.84. The zero-order valence-electron chi connectivity index (χ0n) is 10.5. The molecule has 0 bridgehead atoms. The molecule has 0 aliphatic carbocycles. The number of benzene rings is 1. The van der Waals surface area contributed by atoms with Crippen molar-refractivity contribution in [2.24, 2.45) is 10.9 Å². The van der Waals surface area contributed by atoms with Gasteiger partial charge in [-0.2, -0.15) is 0 Å². The van der Waals surface area contributed by atoms with E-state index in [1.54, 1.807) is 0 Å². The van der Waals surface area contributed by atoms with Crippen molar-refractivity contribution in [3.05, 3.63) is 35.4 Å². The molecule has 1 fully saturated rings. The number of nitrogens with zero attached hydrogens (tertiary/aromatic N) is 1. The van der Waals surface area contributed by atoms with Crippen LogP contribution in [-0.4, -0.2) is 29.8 Å². The second-order valence-electron chi connectivity index (χ2n) is 4.53. The third-order valence-electron chi connectivity index (χ3n) is 3.30. The summed E-state index contributed by atoms with van der Waals surface area (Å²) in [6.07, 6.45) is 1.34. The summed E-state index contributed by atoms with van der Waals surface area (Å²) in [6.45, 7) is 3.72. The fourth-order valence-corrected chi connectivity index (χ4v) is 2.10. The number of ether oxygens (including phenoxy) is 1. The van der Waals surface area contributed by atoms with Crippen LogP contribution in [0, 0.1) is 0 Å². The third-order valence-corrected chi connectivity index (χ3v) is 3.30. The molecule has 1 aliphatic heterocycles. The SMILES string of the molecule is CC1OCCC1NCc1ccc(/C(N)=N/O)cc1. The highest BCUT2D eigenvalue weighted by Crippen LogP contribution is 2.13. The standard InChI is InChI=1S/C13H19N3O2/c1-9-12(6-7-18-9)15-8-10-2-4-11(5-3-10)13(14)16-17/h2-5,9,12,15,17H,6-8H2,1H3,(H2,14,16). The topological polar surface area (TPSA) is 79.9 Å². The van der Waals surface area contributed by atoms with Gasteiger partial charge in [-0.15, -0.1) is 0 Å². The van der Waals surface area contributed by atoms with Crippen molar-refractivity contribution < 1.29 is 9.94 Å². The summed E-state index contributed by atoms with van der Waals surface area (Å²) in [5.74, 6) is 0.132. The number of amidine groups is 1. The highest BCUT2D eigenvalue weighted by atomic mass is 16.5. The van der Waals surface area contributed by atoms with Gasteiger partial charge in [0, 0.05) is 24.8 Å². The van der Waals surface area contributed by atoms with Crippen LogP contribution in [0.1, 0.15) is 24.5 Å². The van der Waals surface area contributed by atoms with Crippen LogP contribution < -0.4 is 11.1 Å². The van der Waals surface area contributed by atoms with Gasteiger partial charge in [-0.1, -0.05) is 29.4 Å². The minimum Gasteiger partial charge on any atom is -0.409 e. The first-order valence-corrected chi connectivity index (χ1v) is 6.12. The first-order chi connectivity index (χ1) is 8.70. The molecule has 0 radical (unpaired) electrons. The zero-order chi connectivity index (χ0) is 13.0. The molecule has 1 heterocycles. The first kappa shape index (κ1) is 12.9. The minimum absolute atomic E-state index is 0.132. The van der Waals surface area contributed by atoms with E-state index in [-0.39, 0.29) is 11.9 Å². The molecule has 98 valence electrons. The molecule has 2 unspecified atom stereocenters. The summed E-state index contributed by atoms with van der Waals surface area (Å²) < 4.78 is 5.50. The van der Waals surface area contributed by atoms with Crippen LogP contribution in [0.4, 0.5) is 0 Å². The van der Waals surface area contributed by atoms with E-state index in [0.717, 1.165) is 25.1 Å². The van der Waals surface area contributed by atoms with Crippen molar-refractivity contribution in [2.45, 2.75) is 32.0 Å². The Bertz CT molecular complexity index is 417. The summed E-state index contributed by atoms with van der Waals surface area (Å²) >= 11 is 0. The summed E-state index contributed by atoms with van der Waals surface area (Å²) in [5.41, 5.74) is 7.40. The van der Waals surface area contributed by atoms with Gasteiger partial charge in [-0.3, -0.25) is 0 Å². The number of hydrogen-bond acceptors (Lipinski definition) is 4. The Labute approximate surface area is 107 Å². The van der Waals surface area contributed by atoms with Crippen molar-refractivity contribution in [3.8, 4) is 0 Å². The molecule has 0 saturated carbocycles. The van der Waals surface area contributed by atoms with Gasteiger partial charge in [-0.25, -0.2) is 0 Å². The molecule has 18 heavy (non-hydrogen) atoms. The molecule has 0 amide bonds. The van der Waals surface area contributed by atoms with Crippen LogP contribution >= 0.6 is 0 Å². The first-order valence-electron chi connectivity index (χ1n) is 6.12. The molecule has 1 saturated heterocycles. The smallest absolute Gasteiger partial charge is 0.170 e. The molecule has 2 atom stereocenters. The van der Waals surface area contributed by atoms with E-state index in [1.807, 2.05) is 24.3 Å². The monoisotopic (exact) mass is 249 g/mol. The maximum absolute atomic E-state index is 8.57. The van der Waals surface area contributed by atoms with E-state index < -0.39 is 0 Å². The fraction of sp³-hybridized carbons (Fsp3) is 0.462. The van der Waals surface area contributed by atoms with E-state index in [1.165, 1.54) is 5.56 Å². The van der Waals surface area contributed by atoms with E-state index in [0.29, 0.717) is 6.04 Å². The quantitative estimate of drug-likeness (QED) is 0.322. The lowest BCUT2D eigenvalue weighted by atomic mass is 10.1. The number of nitrogens with one attached hydrogen (secondary N) is 1. The Kier molecular flexibility index (Phi) is 4.17. The molecular formula is C13H19N3O2. The molecule has 1 aromatic rings. The van der Waals surface area contributed by atoms with Gasteiger partial charge in [0.2, 0.25) is 0 Å². The predicted molar refractivity (Wildman–Crippen MR) is 69.6 cm³/mol. The van der Waals surface area contributed by atoms with E-state index in [9.17, 15) is 0 Å². The third kappa shape index (κ3) is 3.00. The molecule has 0 spiro atoms. The Morgan fingerprint density at radius 3 is 2.78 bits per heavy atom. The van der Waals surface area contributed by atoms with Crippen LogP contribution in [0.25, 0.3) is 0 Å². The molecule has 4 N–H and O–H groups in total. The van der Waals surface area contributed by atoms with Crippen molar-refractivity contribution >= 4 is 5.84 Å². The molecule has 2 rings (SSSR count). The second-order valence-corrected chi connectivity index (χ2v) is 4.53. The Hall–Kier alpha value is -1.59. The molecular weight excluding hydrogens is 230 g/mol. The maximum Gasteiger partial charge on any atom is 0.170 e. The van der Waals surface area contributed by atoms with Crippen molar-refractivity contribution in [3.63, 3.8) is 0 Å². The van der Waals surface area contributed by atoms with Crippen LogP contribution in [0.3, 0.4) is 0 Å². The molecule has 5 nitrogen and oxygen atoms in total. The molecule has 0 aromatic heterocycles. The van der Waals surface area contributed by atoms with Gasteiger partial charge in [-0.05, 0) is 18.9 Å². The van der Waals surface area contributed by atoms with E-state index in [4.69, 9.17) is 15.7 Å². The van der Waals surface area contributed by atoms with Gasteiger partial charge in [0.05, 0.1) is 6.10 Å². The van der Waals surface area contributed by atoms with Gasteiger partial charge in [0.25, 0.3) is 0 Å². The lowest BCUT2D eigenvalue weighted by Gasteiger charge is -2.16. The Morgan fingerprint density at radius 2 is 2.22 bits per heavy atom. The van der Waals surface area contributed by atoms with Gasteiger partial charge in [0.1, 0.15) is 0 Å². The Balaban J connectivity index is 1.90. The largest absolute Gasteiger partial charge is 0.409 e. The summed E-state index contributed by atoms with van der Waals surface area (Å²) in [6, 6.07) is 8.07. The van der Waals surface area contributed by atoms with Crippen molar-refractivity contribution in [1.29, 1.82) is 0 Å². The predicted octanol–water partition coefficient (Wildman–Crippen LogP) is 1.05. The van der Waals surface area contributed by atoms with Gasteiger partial charge >= 0.3 is 0 Å². The lowest BCUT2D eigenvalue weighted by molar-refractivity contribution is 0.113. The normalized spacial score (nSPS) is 24.4. The summed E-state index contributed by atoms with van der Waals surface area (Å²) in [4.78, 5) is 0. The van der Waals surface area contributed by atoms with E-state index >= 15 is 0 Å². The highest BCUT2D eigenvalue weighted by molar-refractivity contribution is 5.96. The van der Waals surface area contributed by atoms with Crippen LogP contribution in [-0.2, 0) is 11.3 Å². The zero-order valence-corrected chi connectivity index (χ0v) is 10.5. The lowest BCUT2D eigenvalue weighted by Crippen LogP contribution is -2.34. The summed E-state index contributed by atoms with van der Waals surface area (Å²) in [5, 5.41) is 15.0. The average Bonchev–Trinajstić information content (AvgIpc) is 2.81. The number of oxime groups is 1. The van der Waals surface area contributed by atoms with Crippen LogP contribution in [0.2, 0.25) is 0 Å². The molecule has 1 aromatic carbocycles. The van der Waals surface area contributed by atoms with Crippen molar-refractivity contribution in [1.82, 2.24) is 5.32 Å². The number of rotatable bonds is 4. The van der Waals surface area contributed by atoms with Crippen LogP contribution in [0.15, 0.2) is 29.4 Å². The molecule has 5 heteroatoms. The Morgan fingerprint density at radius 1 is 1.50 bits per heavy atom. The maximum atomic E-state index is 8.57. The van der Waals surface area contributed by atoms with Crippen molar-refractivity contribution in [2.75, 3.05) is 6.61 Å². The van der Waals surface area contributed by atoms with E-state index in [2.05, 4.69) is 17.4 Å².